The van der Waals surface area contributed by atoms with E-state index in [1.54, 1.807) is 20.8 Å². The summed E-state index contributed by atoms with van der Waals surface area (Å²) in [5, 5.41) is 6.55. The molecule has 2 atom stereocenters. The molecule has 0 radical (unpaired) electrons. The number of sulfonamides is 1. The number of H-pyrrole nitrogens is 1. The van der Waals surface area contributed by atoms with E-state index >= 15 is 0 Å². The van der Waals surface area contributed by atoms with Crippen LogP contribution in [0.3, 0.4) is 0 Å². The molecule has 0 amide bonds. The van der Waals surface area contributed by atoms with Crippen molar-refractivity contribution >= 4 is 21.6 Å². The average Bonchev–Trinajstić information content (AvgIpc) is 2.57. The molecule has 1 aromatic rings. The van der Waals surface area contributed by atoms with Crippen LogP contribution in [-0.2, 0) is 10.0 Å². The maximum atomic E-state index is 12.2. The first-order valence-electron chi connectivity index (χ1n) is 5.39. The van der Waals surface area contributed by atoms with Gasteiger partial charge in [0.15, 0.2) is 0 Å². The van der Waals surface area contributed by atoms with E-state index in [1.165, 1.54) is 0 Å². The van der Waals surface area contributed by atoms with Crippen molar-refractivity contribution in [3.05, 3.63) is 11.4 Å². The summed E-state index contributed by atoms with van der Waals surface area (Å²) in [6, 6.07) is -0.216. The molecule has 7 heteroatoms. The number of halogens is 1. The number of hydrogen-bond donors (Lipinski definition) is 2. The summed E-state index contributed by atoms with van der Waals surface area (Å²) in [4.78, 5) is 0.228. The molecule has 0 aliphatic carbocycles. The fourth-order valence-electron chi connectivity index (χ4n) is 1.49. The lowest BCUT2D eigenvalue weighted by Crippen LogP contribution is -2.38. The van der Waals surface area contributed by atoms with Crippen LogP contribution in [0.15, 0.2) is 4.90 Å². The second-order valence-corrected chi connectivity index (χ2v) is 6.26. The van der Waals surface area contributed by atoms with Crippen LogP contribution in [0, 0.1) is 19.8 Å². The van der Waals surface area contributed by atoms with E-state index in [0.717, 1.165) is 0 Å². The standard InChI is InChI=1S/C10H18ClN3O2S/c1-6(5-11)7(2)14-17(15,16)10-8(3)12-13-9(10)4/h6-7,14H,5H2,1-4H3,(H,12,13). The summed E-state index contributed by atoms with van der Waals surface area (Å²) in [6.45, 7) is 7.04. The molecule has 1 aromatic heterocycles. The van der Waals surface area contributed by atoms with Gasteiger partial charge in [-0.05, 0) is 26.7 Å². The molecule has 98 valence electrons. The van der Waals surface area contributed by atoms with Crippen molar-refractivity contribution in [3.8, 4) is 0 Å². The smallest absolute Gasteiger partial charge is 0.244 e. The van der Waals surface area contributed by atoms with Gasteiger partial charge >= 0.3 is 0 Å². The molecule has 5 nitrogen and oxygen atoms in total. The number of nitrogens with one attached hydrogen (secondary N) is 2. The molecular weight excluding hydrogens is 262 g/mol. The summed E-state index contributed by atoms with van der Waals surface area (Å²) in [5.41, 5.74) is 1.02. The SMILES string of the molecule is Cc1n[nH]c(C)c1S(=O)(=O)NC(C)C(C)CCl. The molecule has 0 aromatic carbocycles. The van der Waals surface area contributed by atoms with Gasteiger partial charge in [-0.3, -0.25) is 5.10 Å². The van der Waals surface area contributed by atoms with Gasteiger partial charge in [-0.15, -0.1) is 11.6 Å². The van der Waals surface area contributed by atoms with Crippen molar-refractivity contribution in [1.82, 2.24) is 14.9 Å². The molecule has 1 rings (SSSR count). The van der Waals surface area contributed by atoms with Gasteiger partial charge in [0.1, 0.15) is 4.90 Å². The Labute approximate surface area is 107 Å². The normalized spacial score (nSPS) is 15.8. The van der Waals surface area contributed by atoms with E-state index in [2.05, 4.69) is 14.9 Å². The van der Waals surface area contributed by atoms with Gasteiger partial charge in [-0.2, -0.15) is 5.10 Å². The maximum absolute atomic E-state index is 12.2. The monoisotopic (exact) mass is 279 g/mol. The largest absolute Gasteiger partial charge is 0.281 e. The van der Waals surface area contributed by atoms with Crippen LogP contribution in [-0.4, -0.2) is 30.5 Å². The van der Waals surface area contributed by atoms with Gasteiger partial charge in [0, 0.05) is 11.9 Å². The fraction of sp³-hybridized carbons (Fsp3) is 0.700. The Bertz CT molecular complexity index is 464. The number of rotatable bonds is 5. The second kappa shape index (κ2) is 5.37. The van der Waals surface area contributed by atoms with E-state index in [0.29, 0.717) is 17.3 Å². The average molecular weight is 280 g/mol. The van der Waals surface area contributed by atoms with Gasteiger partial charge in [0.2, 0.25) is 10.0 Å². The number of aryl methyl sites for hydroxylation is 2. The molecule has 0 aliphatic heterocycles. The molecule has 2 unspecified atom stereocenters. The molecule has 0 saturated carbocycles. The van der Waals surface area contributed by atoms with E-state index in [4.69, 9.17) is 11.6 Å². The van der Waals surface area contributed by atoms with E-state index < -0.39 is 10.0 Å². The van der Waals surface area contributed by atoms with Crippen LogP contribution in [0.4, 0.5) is 0 Å². The predicted octanol–water partition coefficient (Wildman–Crippen LogP) is 1.57. The highest BCUT2D eigenvalue weighted by Crippen LogP contribution is 2.18. The molecule has 1 heterocycles. The summed E-state index contributed by atoms with van der Waals surface area (Å²) in [5.74, 6) is 0.478. The number of hydrogen-bond acceptors (Lipinski definition) is 3. The minimum absolute atomic E-state index is 0.0685. The van der Waals surface area contributed by atoms with E-state index in [9.17, 15) is 8.42 Å². The Balaban J connectivity index is 2.98. The Hall–Kier alpha value is -0.590. The molecule has 2 N–H and O–H groups in total. The first kappa shape index (κ1) is 14.5. The predicted molar refractivity (Wildman–Crippen MR) is 67.7 cm³/mol. The maximum Gasteiger partial charge on any atom is 0.244 e. The molecule has 0 saturated heterocycles. The lowest BCUT2D eigenvalue weighted by Gasteiger charge is -2.19. The summed E-state index contributed by atoms with van der Waals surface area (Å²) in [6.07, 6.45) is 0. The van der Waals surface area contributed by atoms with Crippen LogP contribution in [0.25, 0.3) is 0 Å². The quantitative estimate of drug-likeness (QED) is 0.804. The van der Waals surface area contributed by atoms with Crippen molar-refractivity contribution in [3.63, 3.8) is 0 Å². The summed E-state index contributed by atoms with van der Waals surface area (Å²) < 4.78 is 26.9. The molecule has 0 fully saturated rings. The van der Waals surface area contributed by atoms with Crippen molar-refractivity contribution in [2.45, 2.75) is 38.6 Å². The third-order valence-electron chi connectivity index (χ3n) is 2.77. The van der Waals surface area contributed by atoms with Gasteiger partial charge in [-0.25, -0.2) is 13.1 Å². The van der Waals surface area contributed by atoms with Crippen LogP contribution in [0.1, 0.15) is 25.2 Å². The van der Waals surface area contributed by atoms with Crippen LogP contribution < -0.4 is 4.72 Å². The molecular formula is C10H18ClN3O2S. The lowest BCUT2D eigenvalue weighted by atomic mass is 10.1. The van der Waals surface area contributed by atoms with Crippen molar-refractivity contribution in [2.24, 2.45) is 5.92 Å². The Kier molecular flexibility index (Phi) is 4.57. The minimum atomic E-state index is -3.54. The minimum Gasteiger partial charge on any atom is -0.281 e. The van der Waals surface area contributed by atoms with Crippen molar-refractivity contribution < 1.29 is 8.42 Å². The van der Waals surface area contributed by atoms with Gasteiger partial charge in [0.05, 0.1) is 11.4 Å². The first-order valence-corrected chi connectivity index (χ1v) is 7.41. The molecule has 0 aliphatic rings. The topological polar surface area (TPSA) is 74.8 Å². The van der Waals surface area contributed by atoms with Crippen molar-refractivity contribution in [1.29, 1.82) is 0 Å². The van der Waals surface area contributed by atoms with Crippen LogP contribution >= 0.6 is 11.6 Å². The van der Waals surface area contributed by atoms with E-state index in [1.807, 2.05) is 6.92 Å². The third-order valence-corrected chi connectivity index (χ3v) is 5.08. The molecule has 17 heavy (non-hydrogen) atoms. The zero-order chi connectivity index (χ0) is 13.2. The van der Waals surface area contributed by atoms with Crippen LogP contribution in [0.5, 0.6) is 0 Å². The van der Waals surface area contributed by atoms with Crippen molar-refractivity contribution in [2.75, 3.05) is 5.88 Å². The van der Waals surface area contributed by atoms with Crippen LogP contribution in [0.2, 0.25) is 0 Å². The van der Waals surface area contributed by atoms with Gasteiger partial charge in [-0.1, -0.05) is 6.92 Å². The Morgan fingerprint density at radius 1 is 1.41 bits per heavy atom. The highest BCUT2D eigenvalue weighted by molar-refractivity contribution is 7.89. The summed E-state index contributed by atoms with van der Waals surface area (Å²) in [7, 11) is -3.54. The van der Waals surface area contributed by atoms with Gasteiger partial charge in [0.25, 0.3) is 0 Å². The zero-order valence-electron chi connectivity index (χ0n) is 10.4. The molecule has 0 bridgehead atoms. The Morgan fingerprint density at radius 3 is 2.41 bits per heavy atom. The molecule has 0 spiro atoms. The number of aromatic nitrogens is 2. The number of alkyl halides is 1. The van der Waals surface area contributed by atoms with Gasteiger partial charge < -0.3 is 0 Å². The van der Waals surface area contributed by atoms with E-state index in [-0.39, 0.29) is 16.9 Å². The number of aromatic amines is 1. The fourth-order valence-corrected chi connectivity index (χ4v) is 3.48. The third kappa shape index (κ3) is 3.20. The second-order valence-electron chi connectivity index (χ2n) is 4.30. The first-order chi connectivity index (χ1) is 7.79. The highest BCUT2D eigenvalue weighted by Gasteiger charge is 2.25. The highest BCUT2D eigenvalue weighted by atomic mass is 35.5. The Morgan fingerprint density at radius 2 is 2.00 bits per heavy atom. The zero-order valence-corrected chi connectivity index (χ0v) is 12.0. The summed E-state index contributed by atoms with van der Waals surface area (Å²) >= 11 is 5.71. The lowest BCUT2D eigenvalue weighted by molar-refractivity contribution is 0.480. The number of nitrogens with zero attached hydrogens (tertiary/aromatic N) is 1.